The third kappa shape index (κ3) is 4.00. The standard InChI is InChI=1S/C21H17FN2O6/c1-29-15-8-10-17(30-2)12(11-15)3-9-16(25)18-19(26)23-21(28)24(20(18)27)14-6-4-13(22)5-7-14/h3-11,27H,1-2H3,(H,23,26,28). The molecule has 0 aliphatic rings. The Morgan fingerprint density at radius 3 is 2.43 bits per heavy atom. The minimum Gasteiger partial charge on any atom is -0.497 e. The molecule has 0 amide bonds. The Labute approximate surface area is 169 Å². The Bertz CT molecular complexity index is 1240. The highest BCUT2D eigenvalue weighted by Crippen LogP contribution is 2.25. The molecule has 0 spiro atoms. The molecule has 9 heteroatoms. The van der Waals surface area contributed by atoms with E-state index in [4.69, 9.17) is 9.47 Å². The van der Waals surface area contributed by atoms with Crippen LogP contribution in [0.1, 0.15) is 15.9 Å². The van der Waals surface area contributed by atoms with Crippen LogP contribution in [0.2, 0.25) is 0 Å². The number of aromatic amines is 1. The van der Waals surface area contributed by atoms with E-state index in [1.54, 1.807) is 18.2 Å². The third-order valence-corrected chi connectivity index (χ3v) is 4.27. The van der Waals surface area contributed by atoms with Crippen LogP contribution < -0.4 is 20.7 Å². The van der Waals surface area contributed by atoms with E-state index in [9.17, 15) is 23.9 Å². The summed E-state index contributed by atoms with van der Waals surface area (Å²) in [6, 6.07) is 9.52. The van der Waals surface area contributed by atoms with Gasteiger partial charge in [-0.1, -0.05) is 0 Å². The van der Waals surface area contributed by atoms with E-state index in [-0.39, 0.29) is 5.69 Å². The van der Waals surface area contributed by atoms with E-state index in [1.165, 1.54) is 32.4 Å². The smallest absolute Gasteiger partial charge is 0.335 e. The monoisotopic (exact) mass is 412 g/mol. The highest BCUT2D eigenvalue weighted by Gasteiger charge is 2.20. The van der Waals surface area contributed by atoms with Crippen molar-refractivity contribution >= 4 is 11.9 Å². The number of carbonyl (C=O) groups excluding carboxylic acids is 1. The molecule has 0 aliphatic heterocycles. The number of methoxy groups -OCH3 is 2. The summed E-state index contributed by atoms with van der Waals surface area (Å²) in [5.74, 6) is -1.29. The third-order valence-electron chi connectivity index (χ3n) is 4.27. The number of aromatic hydroxyl groups is 1. The van der Waals surface area contributed by atoms with Crippen LogP contribution in [0.4, 0.5) is 4.39 Å². The van der Waals surface area contributed by atoms with Crippen molar-refractivity contribution in [2.45, 2.75) is 0 Å². The Kier molecular flexibility index (Phi) is 5.82. The van der Waals surface area contributed by atoms with Gasteiger partial charge in [-0.15, -0.1) is 0 Å². The minimum absolute atomic E-state index is 0.0719. The molecule has 2 N–H and O–H groups in total. The molecule has 8 nitrogen and oxygen atoms in total. The lowest BCUT2D eigenvalue weighted by Gasteiger charge is -2.10. The first-order valence-electron chi connectivity index (χ1n) is 8.64. The second-order valence-electron chi connectivity index (χ2n) is 6.08. The van der Waals surface area contributed by atoms with Gasteiger partial charge in [-0.3, -0.25) is 14.6 Å². The van der Waals surface area contributed by atoms with Crippen LogP contribution in [0.25, 0.3) is 11.8 Å². The fourth-order valence-corrected chi connectivity index (χ4v) is 2.80. The zero-order chi connectivity index (χ0) is 21.8. The second kappa shape index (κ2) is 8.48. The largest absolute Gasteiger partial charge is 0.497 e. The summed E-state index contributed by atoms with van der Waals surface area (Å²) in [5.41, 5.74) is -2.10. The highest BCUT2D eigenvalue weighted by atomic mass is 19.1. The summed E-state index contributed by atoms with van der Waals surface area (Å²) in [4.78, 5) is 39.0. The van der Waals surface area contributed by atoms with Gasteiger partial charge in [0, 0.05) is 5.56 Å². The van der Waals surface area contributed by atoms with Gasteiger partial charge < -0.3 is 14.6 Å². The van der Waals surface area contributed by atoms with Crippen LogP contribution in [0.15, 0.2) is 58.1 Å². The molecule has 1 heterocycles. The molecule has 0 aliphatic carbocycles. The number of rotatable bonds is 6. The molecular weight excluding hydrogens is 395 g/mol. The van der Waals surface area contributed by atoms with Crippen LogP contribution >= 0.6 is 0 Å². The van der Waals surface area contributed by atoms with Crippen molar-refractivity contribution in [2.75, 3.05) is 14.2 Å². The number of nitrogens with zero attached hydrogens (tertiary/aromatic N) is 1. The number of ether oxygens (including phenoxy) is 2. The number of aromatic nitrogens is 2. The van der Waals surface area contributed by atoms with Crippen molar-refractivity contribution in [1.82, 2.24) is 9.55 Å². The van der Waals surface area contributed by atoms with Crippen molar-refractivity contribution in [3.05, 3.63) is 86.3 Å². The molecule has 2 aromatic carbocycles. The number of hydrogen-bond acceptors (Lipinski definition) is 6. The van der Waals surface area contributed by atoms with Crippen molar-refractivity contribution in [1.29, 1.82) is 0 Å². The molecule has 3 rings (SSSR count). The number of allylic oxidation sites excluding steroid dienone is 1. The van der Waals surface area contributed by atoms with Crippen LogP contribution in [0, 0.1) is 5.82 Å². The molecule has 1 aromatic heterocycles. The Morgan fingerprint density at radius 1 is 1.10 bits per heavy atom. The van der Waals surface area contributed by atoms with E-state index < -0.39 is 34.3 Å². The maximum Gasteiger partial charge on any atom is 0.335 e. The molecule has 3 aromatic rings. The molecular formula is C21H17FN2O6. The number of benzene rings is 2. The second-order valence-corrected chi connectivity index (χ2v) is 6.08. The van der Waals surface area contributed by atoms with E-state index in [1.807, 2.05) is 4.98 Å². The van der Waals surface area contributed by atoms with Gasteiger partial charge in [0.25, 0.3) is 5.56 Å². The van der Waals surface area contributed by atoms with Gasteiger partial charge in [-0.2, -0.15) is 0 Å². The summed E-state index contributed by atoms with van der Waals surface area (Å²) < 4.78 is 24.2. The van der Waals surface area contributed by atoms with Gasteiger partial charge in [-0.05, 0) is 54.6 Å². The van der Waals surface area contributed by atoms with Gasteiger partial charge >= 0.3 is 5.69 Å². The molecule has 0 saturated carbocycles. The lowest BCUT2D eigenvalue weighted by atomic mass is 10.1. The van der Waals surface area contributed by atoms with Crippen molar-refractivity contribution in [3.8, 4) is 23.1 Å². The minimum atomic E-state index is -1.05. The van der Waals surface area contributed by atoms with Gasteiger partial charge in [0.05, 0.1) is 19.9 Å². The lowest BCUT2D eigenvalue weighted by Crippen LogP contribution is -2.32. The first-order valence-corrected chi connectivity index (χ1v) is 8.64. The van der Waals surface area contributed by atoms with Gasteiger partial charge in [0.2, 0.25) is 5.88 Å². The molecule has 0 fully saturated rings. The van der Waals surface area contributed by atoms with E-state index in [0.717, 1.165) is 18.2 Å². The maximum absolute atomic E-state index is 13.2. The van der Waals surface area contributed by atoms with E-state index in [2.05, 4.69) is 0 Å². The summed E-state index contributed by atoms with van der Waals surface area (Å²) >= 11 is 0. The van der Waals surface area contributed by atoms with E-state index in [0.29, 0.717) is 21.6 Å². The molecule has 0 atom stereocenters. The summed E-state index contributed by atoms with van der Waals surface area (Å²) in [7, 11) is 2.94. The van der Waals surface area contributed by atoms with Crippen molar-refractivity contribution in [2.24, 2.45) is 0 Å². The first-order chi connectivity index (χ1) is 14.3. The molecule has 30 heavy (non-hydrogen) atoms. The average Bonchev–Trinajstić information content (AvgIpc) is 2.73. The summed E-state index contributed by atoms with van der Waals surface area (Å²) in [5, 5.41) is 10.5. The Morgan fingerprint density at radius 2 is 1.80 bits per heavy atom. The molecule has 0 saturated heterocycles. The molecule has 154 valence electrons. The Balaban J connectivity index is 2.06. The fraction of sp³-hybridized carbons (Fsp3) is 0.0952. The normalized spacial score (nSPS) is 10.9. The van der Waals surface area contributed by atoms with E-state index >= 15 is 0 Å². The zero-order valence-corrected chi connectivity index (χ0v) is 16.0. The molecule has 0 unspecified atom stereocenters. The van der Waals surface area contributed by atoms with Crippen molar-refractivity contribution in [3.63, 3.8) is 0 Å². The number of ketones is 1. The SMILES string of the molecule is COc1ccc(OC)c(C=CC(=O)c2c(O)n(-c3ccc(F)cc3)c(=O)[nH]c2=O)c1. The number of halogens is 1. The number of hydrogen-bond donors (Lipinski definition) is 2. The van der Waals surface area contributed by atoms with Crippen molar-refractivity contribution < 1.29 is 23.8 Å². The topological polar surface area (TPSA) is 111 Å². The van der Waals surface area contributed by atoms with Gasteiger partial charge in [0.15, 0.2) is 5.78 Å². The fourth-order valence-electron chi connectivity index (χ4n) is 2.80. The van der Waals surface area contributed by atoms with Crippen LogP contribution in [0.5, 0.6) is 17.4 Å². The average molecular weight is 412 g/mol. The predicted molar refractivity (Wildman–Crippen MR) is 107 cm³/mol. The number of nitrogens with one attached hydrogen (secondary N) is 1. The van der Waals surface area contributed by atoms with Gasteiger partial charge in [0.1, 0.15) is 22.9 Å². The quantitative estimate of drug-likeness (QED) is 0.475. The zero-order valence-electron chi connectivity index (χ0n) is 16.0. The first kappa shape index (κ1) is 20.6. The van der Waals surface area contributed by atoms with Crippen LogP contribution in [-0.4, -0.2) is 34.7 Å². The lowest BCUT2D eigenvalue weighted by molar-refractivity contribution is 0.104. The van der Waals surface area contributed by atoms with Crippen LogP contribution in [-0.2, 0) is 0 Å². The highest BCUT2D eigenvalue weighted by molar-refractivity contribution is 6.08. The summed E-state index contributed by atoms with van der Waals surface area (Å²) in [6.45, 7) is 0. The van der Waals surface area contributed by atoms with Gasteiger partial charge in [-0.25, -0.2) is 13.8 Å². The number of H-pyrrole nitrogens is 1. The molecule has 0 radical (unpaired) electrons. The maximum atomic E-state index is 13.2. The predicted octanol–water partition coefficient (Wildman–Crippen LogP) is 2.28. The Hall–Kier alpha value is -4.14. The number of carbonyl (C=O) groups is 1. The summed E-state index contributed by atoms with van der Waals surface area (Å²) in [6.07, 6.45) is 2.44. The van der Waals surface area contributed by atoms with Crippen LogP contribution in [0.3, 0.4) is 0 Å². The molecule has 0 bridgehead atoms.